The molecule has 0 saturated heterocycles. The molecular formula is C14H14ClN5O2. The molecule has 1 aromatic carbocycles. The van der Waals surface area contributed by atoms with Crippen molar-refractivity contribution in [2.24, 2.45) is 0 Å². The van der Waals surface area contributed by atoms with Gasteiger partial charge in [0.15, 0.2) is 0 Å². The summed E-state index contributed by atoms with van der Waals surface area (Å²) in [5.74, 6) is -0.595. The molecule has 8 heteroatoms. The van der Waals surface area contributed by atoms with Crippen LogP contribution in [0.4, 0.5) is 5.69 Å². The number of anilines is 1. The maximum absolute atomic E-state index is 10.9. The number of imidazole rings is 1. The minimum atomic E-state index is -1.03. The summed E-state index contributed by atoms with van der Waals surface area (Å²) in [4.78, 5) is 18.4. The van der Waals surface area contributed by atoms with E-state index in [1.807, 2.05) is 6.07 Å². The van der Waals surface area contributed by atoms with Crippen LogP contribution in [0.1, 0.15) is 23.7 Å². The maximum atomic E-state index is 10.9. The van der Waals surface area contributed by atoms with Gasteiger partial charge in [0.25, 0.3) is 0 Å². The third-order valence-electron chi connectivity index (χ3n) is 3.17. The Morgan fingerprint density at radius 2 is 2.32 bits per heavy atom. The number of halogens is 1. The summed E-state index contributed by atoms with van der Waals surface area (Å²) in [6.07, 6.45) is 3.67. The molecule has 0 atom stereocenters. The maximum Gasteiger partial charge on any atom is 0.338 e. The summed E-state index contributed by atoms with van der Waals surface area (Å²) >= 11 is 6.23. The number of hydrogen-bond acceptors (Lipinski definition) is 4. The predicted octanol–water partition coefficient (Wildman–Crippen LogP) is 2.92. The van der Waals surface area contributed by atoms with Gasteiger partial charge in [-0.25, -0.2) is 14.5 Å². The summed E-state index contributed by atoms with van der Waals surface area (Å²) in [5, 5.41) is 16.8. The van der Waals surface area contributed by atoms with E-state index in [1.54, 1.807) is 6.07 Å². The van der Waals surface area contributed by atoms with Gasteiger partial charge in [-0.05, 0) is 18.6 Å². The molecule has 2 heterocycles. The average Bonchev–Trinajstić information content (AvgIpc) is 3.10. The zero-order valence-electron chi connectivity index (χ0n) is 11.8. The van der Waals surface area contributed by atoms with E-state index in [1.165, 1.54) is 17.1 Å². The van der Waals surface area contributed by atoms with E-state index < -0.39 is 5.97 Å². The lowest BCUT2D eigenvalue weighted by molar-refractivity contribution is 0.0697. The number of nitrogens with one attached hydrogen (secondary N) is 2. The van der Waals surface area contributed by atoms with Gasteiger partial charge in [-0.15, -0.1) is 0 Å². The number of carboxylic acid groups (broad SMARTS) is 1. The van der Waals surface area contributed by atoms with Gasteiger partial charge in [0.05, 0.1) is 33.5 Å². The molecule has 0 aliphatic heterocycles. The fraction of sp³-hybridized carbons (Fsp3) is 0.214. The van der Waals surface area contributed by atoms with E-state index in [2.05, 4.69) is 27.3 Å². The lowest BCUT2D eigenvalue weighted by Gasteiger charge is -2.06. The van der Waals surface area contributed by atoms with Crippen molar-refractivity contribution in [2.45, 2.75) is 13.3 Å². The molecule has 3 aromatic rings. The van der Waals surface area contributed by atoms with Crippen molar-refractivity contribution < 1.29 is 9.90 Å². The van der Waals surface area contributed by atoms with Crippen LogP contribution < -0.4 is 5.32 Å². The lowest BCUT2D eigenvalue weighted by atomic mass is 10.2. The Hall–Kier alpha value is -2.54. The summed E-state index contributed by atoms with van der Waals surface area (Å²) in [6.45, 7) is 2.90. The van der Waals surface area contributed by atoms with Crippen molar-refractivity contribution in [3.05, 3.63) is 35.1 Å². The molecule has 0 saturated carbocycles. The van der Waals surface area contributed by atoms with Crippen LogP contribution in [0, 0.1) is 0 Å². The van der Waals surface area contributed by atoms with E-state index in [0.717, 1.165) is 29.7 Å². The highest BCUT2D eigenvalue weighted by Gasteiger charge is 2.12. The number of carboxylic acids is 1. The Kier molecular flexibility index (Phi) is 3.72. The first-order chi connectivity index (χ1) is 10.6. The van der Waals surface area contributed by atoms with Crippen molar-refractivity contribution in [3.63, 3.8) is 0 Å². The Morgan fingerprint density at radius 1 is 1.50 bits per heavy atom. The summed E-state index contributed by atoms with van der Waals surface area (Å²) in [6, 6.07) is 3.64. The number of benzene rings is 1. The highest BCUT2D eigenvalue weighted by atomic mass is 35.5. The first kappa shape index (κ1) is 14.4. The Bertz CT molecular complexity index is 839. The van der Waals surface area contributed by atoms with Crippen LogP contribution >= 0.6 is 11.6 Å². The second kappa shape index (κ2) is 5.69. The van der Waals surface area contributed by atoms with E-state index in [-0.39, 0.29) is 5.56 Å². The average molecular weight is 320 g/mol. The fourth-order valence-corrected chi connectivity index (χ4v) is 2.30. The highest BCUT2D eigenvalue weighted by molar-refractivity contribution is 6.34. The van der Waals surface area contributed by atoms with Crippen molar-refractivity contribution in [2.75, 3.05) is 11.9 Å². The van der Waals surface area contributed by atoms with Crippen LogP contribution in [0.5, 0.6) is 0 Å². The van der Waals surface area contributed by atoms with E-state index >= 15 is 0 Å². The molecule has 0 aliphatic carbocycles. The number of aromatic nitrogens is 4. The third-order valence-corrected chi connectivity index (χ3v) is 3.48. The molecule has 0 aliphatic rings. The van der Waals surface area contributed by atoms with Gasteiger partial charge in [0.1, 0.15) is 0 Å². The number of H-pyrrole nitrogens is 1. The first-order valence-corrected chi connectivity index (χ1v) is 7.17. The minimum Gasteiger partial charge on any atom is -0.478 e. The van der Waals surface area contributed by atoms with Gasteiger partial charge in [-0.1, -0.05) is 18.5 Å². The van der Waals surface area contributed by atoms with Gasteiger partial charge < -0.3 is 15.4 Å². The monoisotopic (exact) mass is 319 g/mol. The standard InChI is InChI=1S/C14H14ClN5O2/c1-2-3-16-10-5-12-11(4-9(10)15)18-14(19-12)20-7-8(6-17-20)13(21)22/h4-7,16H,2-3H2,1H3,(H,18,19)(H,21,22). The van der Waals surface area contributed by atoms with Crippen LogP contribution in [0.15, 0.2) is 24.5 Å². The molecule has 3 N–H and O–H groups in total. The van der Waals surface area contributed by atoms with Gasteiger partial charge in [0, 0.05) is 12.7 Å². The van der Waals surface area contributed by atoms with Gasteiger partial charge in [0.2, 0.25) is 5.95 Å². The third kappa shape index (κ3) is 2.62. The second-order valence-corrected chi connectivity index (χ2v) is 5.22. The Labute approximate surface area is 130 Å². The highest BCUT2D eigenvalue weighted by Crippen LogP contribution is 2.27. The number of nitrogens with zero attached hydrogens (tertiary/aromatic N) is 3. The molecular weight excluding hydrogens is 306 g/mol. The topological polar surface area (TPSA) is 95.8 Å². The molecule has 3 rings (SSSR count). The quantitative estimate of drug-likeness (QED) is 0.672. The molecule has 0 bridgehead atoms. The number of fused-ring (bicyclic) bond motifs is 1. The van der Waals surface area contributed by atoms with E-state index in [4.69, 9.17) is 16.7 Å². The molecule has 0 unspecified atom stereocenters. The summed E-state index contributed by atoms with van der Waals surface area (Å²) in [7, 11) is 0. The molecule has 0 spiro atoms. The number of aromatic amines is 1. The van der Waals surface area contributed by atoms with Crippen LogP contribution in [0.3, 0.4) is 0 Å². The van der Waals surface area contributed by atoms with Gasteiger partial charge in [-0.3, -0.25) is 0 Å². The van der Waals surface area contributed by atoms with Crippen molar-refractivity contribution >= 4 is 34.3 Å². The number of aromatic carboxylic acids is 1. The molecule has 22 heavy (non-hydrogen) atoms. The zero-order valence-corrected chi connectivity index (χ0v) is 12.6. The van der Waals surface area contributed by atoms with Crippen LogP contribution in [-0.2, 0) is 0 Å². The smallest absolute Gasteiger partial charge is 0.338 e. The van der Waals surface area contributed by atoms with Crippen LogP contribution in [0.2, 0.25) is 5.02 Å². The molecule has 7 nitrogen and oxygen atoms in total. The largest absolute Gasteiger partial charge is 0.478 e. The number of hydrogen-bond donors (Lipinski definition) is 3. The van der Waals surface area contributed by atoms with Crippen molar-refractivity contribution in [1.29, 1.82) is 0 Å². The van der Waals surface area contributed by atoms with Gasteiger partial charge in [-0.2, -0.15) is 5.10 Å². The number of rotatable bonds is 5. The van der Waals surface area contributed by atoms with Crippen molar-refractivity contribution in [1.82, 2.24) is 19.7 Å². The van der Waals surface area contributed by atoms with Gasteiger partial charge >= 0.3 is 5.97 Å². The second-order valence-electron chi connectivity index (χ2n) is 4.82. The minimum absolute atomic E-state index is 0.101. The normalized spacial score (nSPS) is 11.0. The van der Waals surface area contributed by atoms with Crippen LogP contribution in [0.25, 0.3) is 17.0 Å². The fourth-order valence-electron chi connectivity index (χ4n) is 2.07. The van der Waals surface area contributed by atoms with E-state index in [0.29, 0.717) is 11.0 Å². The Balaban J connectivity index is 1.99. The summed E-state index contributed by atoms with van der Waals surface area (Å²) < 4.78 is 1.39. The molecule has 0 fully saturated rings. The van der Waals surface area contributed by atoms with Crippen LogP contribution in [-0.4, -0.2) is 37.4 Å². The predicted molar refractivity (Wildman–Crippen MR) is 84.0 cm³/mol. The summed E-state index contributed by atoms with van der Waals surface area (Å²) in [5.41, 5.74) is 2.41. The molecule has 114 valence electrons. The SMILES string of the molecule is CCCNc1cc2nc(-n3cc(C(=O)O)cn3)[nH]c2cc1Cl. The number of carbonyl (C=O) groups is 1. The first-order valence-electron chi connectivity index (χ1n) is 6.80. The van der Waals surface area contributed by atoms with E-state index in [9.17, 15) is 4.79 Å². The zero-order chi connectivity index (χ0) is 15.7. The molecule has 0 amide bonds. The lowest BCUT2D eigenvalue weighted by Crippen LogP contribution is -1.99. The molecule has 2 aromatic heterocycles. The molecule has 0 radical (unpaired) electrons. The van der Waals surface area contributed by atoms with Crippen molar-refractivity contribution in [3.8, 4) is 5.95 Å². The Morgan fingerprint density at radius 3 is 3.00 bits per heavy atom.